The standard InChI is InChI=1S/C22H32O4Si/c1-21(2,3)27(5,6)26-22-14-10-13-18(22)17(16-11-8-7-9-12-16)15-19(25-22)20(23)24-4/h7-9,11-12,15,17-18H,10,13-14H2,1-6H3/t17-,18-,22-/m1/s1. The van der Waals surface area contributed by atoms with Crippen molar-refractivity contribution in [3.63, 3.8) is 0 Å². The van der Waals surface area contributed by atoms with E-state index in [0.29, 0.717) is 0 Å². The monoisotopic (exact) mass is 388 g/mol. The number of methoxy groups -OCH3 is 1. The van der Waals surface area contributed by atoms with Gasteiger partial charge in [0.15, 0.2) is 8.32 Å². The maximum atomic E-state index is 12.4. The summed E-state index contributed by atoms with van der Waals surface area (Å²) in [5.41, 5.74) is 1.19. The van der Waals surface area contributed by atoms with Crippen molar-refractivity contribution in [2.75, 3.05) is 7.11 Å². The SMILES string of the molecule is COC(=O)C1=C[C@H](c2ccccc2)[C@H]2CCC[C@]2(O[Si](C)(C)C(C)(C)C)O1. The highest BCUT2D eigenvalue weighted by atomic mass is 28.4. The maximum absolute atomic E-state index is 12.4. The lowest BCUT2D eigenvalue weighted by Crippen LogP contribution is -2.55. The number of benzene rings is 1. The number of hydrogen-bond acceptors (Lipinski definition) is 4. The lowest BCUT2D eigenvalue weighted by molar-refractivity contribution is -0.205. The zero-order valence-electron chi connectivity index (χ0n) is 17.4. The summed E-state index contributed by atoms with van der Waals surface area (Å²) in [6.45, 7) is 11.2. The molecular weight excluding hydrogens is 356 g/mol. The number of allylic oxidation sites excluding steroid dienone is 1. The first kappa shape index (κ1) is 20.1. The van der Waals surface area contributed by atoms with Crippen molar-refractivity contribution in [1.29, 1.82) is 0 Å². The molecule has 1 heterocycles. The molecule has 2 aliphatic rings. The Bertz CT molecular complexity index is 720. The van der Waals surface area contributed by atoms with Gasteiger partial charge < -0.3 is 13.9 Å². The molecule has 0 bridgehead atoms. The zero-order valence-corrected chi connectivity index (χ0v) is 18.4. The molecule has 1 fully saturated rings. The van der Waals surface area contributed by atoms with E-state index in [1.165, 1.54) is 12.7 Å². The molecule has 3 rings (SSSR count). The van der Waals surface area contributed by atoms with Crippen LogP contribution in [0.5, 0.6) is 0 Å². The minimum Gasteiger partial charge on any atom is -0.463 e. The summed E-state index contributed by atoms with van der Waals surface area (Å²) >= 11 is 0. The molecule has 0 spiro atoms. The Morgan fingerprint density at radius 2 is 1.89 bits per heavy atom. The Morgan fingerprint density at radius 1 is 1.22 bits per heavy atom. The second kappa shape index (κ2) is 7.10. The van der Waals surface area contributed by atoms with Gasteiger partial charge in [0.2, 0.25) is 11.5 Å². The Hall–Kier alpha value is -1.59. The Morgan fingerprint density at radius 3 is 2.48 bits per heavy atom. The van der Waals surface area contributed by atoms with Crippen molar-refractivity contribution in [3.05, 3.63) is 47.7 Å². The van der Waals surface area contributed by atoms with Crippen LogP contribution < -0.4 is 0 Å². The molecule has 0 amide bonds. The summed E-state index contributed by atoms with van der Waals surface area (Å²) in [6.07, 6.45) is 4.80. The first-order valence-electron chi connectivity index (χ1n) is 9.84. The fourth-order valence-corrected chi connectivity index (χ4v) is 5.46. The van der Waals surface area contributed by atoms with Crippen LogP contribution in [0.2, 0.25) is 18.1 Å². The average Bonchev–Trinajstić information content (AvgIpc) is 3.02. The highest BCUT2D eigenvalue weighted by Gasteiger charge is 2.57. The van der Waals surface area contributed by atoms with Crippen LogP contribution in [0.25, 0.3) is 0 Å². The van der Waals surface area contributed by atoms with Gasteiger partial charge in [0.25, 0.3) is 0 Å². The third kappa shape index (κ3) is 3.72. The molecule has 1 aromatic rings. The van der Waals surface area contributed by atoms with Gasteiger partial charge in [-0.2, -0.15) is 0 Å². The molecule has 0 aromatic heterocycles. The van der Waals surface area contributed by atoms with Crippen molar-refractivity contribution in [1.82, 2.24) is 0 Å². The van der Waals surface area contributed by atoms with Gasteiger partial charge in [-0.25, -0.2) is 4.79 Å². The third-order valence-corrected chi connectivity index (χ3v) is 10.9. The summed E-state index contributed by atoms with van der Waals surface area (Å²) < 4.78 is 18.2. The van der Waals surface area contributed by atoms with E-state index in [-0.39, 0.29) is 22.6 Å². The predicted molar refractivity (Wildman–Crippen MR) is 109 cm³/mol. The molecule has 0 N–H and O–H groups in total. The number of esters is 1. The molecule has 1 aliphatic heterocycles. The van der Waals surface area contributed by atoms with Gasteiger partial charge in [-0.15, -0.1) is 0 Å². The largest absolute Gasteiger partial charge is 0.463 e. The van der Waals surface area contributed by atoms with E-state index in [1.807, 2.05) is 24.3 Å². The van der Waals surface area contributed by atoms with Crippen LogP contribution in [0.3, 0.4) is 0 Å². The Balaban J connectivity index is 2.05. The van der Waals surface area contributed by atoms with Crippen molar-refractivity contribution in [2.45, 2.75) is 69.9 Å². The Labute approximate surface area is 164 Å². The lowest BCUT2D eigenvalue weighted by Gasteiger charge is -2.49. The number of hydrogen-bond donors (Lipinski definition) is 0. The van der Waals surface area contributed by atoms with Gasteiger partial charge in [-0.05, 0) is 42.6 Å². The molecule has 0 radical (unpaired) electrons. The topological polar surface area (TPSA) is 44.8 Å². The summed E-state index contributed by atoms with van der Waals surface area (Å²) in [7, 11) is -0.702. The highest BCUT2D eigenvalue weighted by Crippen LogP contribution is 2.54. The molecule has 0 unspecified atom stereocenters. The van der Waals surface area contributed by atoms with Crippen LogP contribution in [0.1, 0.15) is 51.5 Å². The van der Waals surface area contributed by atoms with Crippen molar-refractivity contribution < 1.29 is 18.7 Å². The van der Waals surface area contributed by atoms with Crippen LogP contribution >= 0.6 is 0 Å². The number of rotatable bonds is 4. The molecule has 5 heteroatoms. The van der Waals surface area contributed by atoms with Crippen molar-refractivity contribution in [2.24, 2.45) is 5.92 Å². The van der Waals surface area contributed by atoms with Gasteiger partial charge in [0.05, 0.1) is 7.11 Å². The molecule has 4 nitrogen and oxygen atoms in total. The van der Waals surface area contributed by atoms with Gasteiger partial charge in [-0.3, -0.25) is 0 Å². The fourth-order valence-electron chi connectivity index (χ4n) is 4.00. The van der Waals surface area contributed by atoms with Crippen LogP contribution in [0, 0.1) is 5.92 Å². The smallest absolute Gasteiger partial charge is 0.373 e. The fraction of sp³-hybridized carbons (Fsp3) is 0.591. The van der Waals surface area contributed by atoms with Crippen LogP contribution in [-0.2, 0) is 18.7 Å². The summed E-state index contributed by atoms with van der Waals surface area (Å²) in [4.78, 5) is 12.4. The molecule has 0 saturated heterocycles. The predicted octanol–water partition coefficient (Wildman–Crippen LogP) is 5.38. The first-order valence-corrected chi connectivity index (χ1v) is 12.7. The number of fused-ring (bicyclic) bond motifs is 1. The number of carbonyl (C=O) groups excluding carboxylic acids is 1. The van der Waals surface area contributed by atoms with Crippen LogP contribution in [0.15, 0.2) is 42.2 Å². The number of ether oxygens (including phenoxy) is 2. The molecule has 1 aliphatic carbocycles. The zero-order chi connectivity index (χ0) is 19.9. The minimum atomic E-state index is -2.10. The molecular formula is C22H32O4Si. The third-order valence-electron chi connectivity index (χ3n) is 6.46. The summed E-state index contributed by atoms with van der Waals surface area (Å²) in [5, 5.41) is 0.0626. The van der Waals surface area contributed by atoms with E-state index in [1.54, 1.807) is 0 Å². The van der Waals surface area contributed by atoms with Gasteiger partial charge in [0.1, 0.15) is 0 Å². The maximum Gasteiger partial charge on any atom is 0.373 e. The highest BCUT2D eigenvalue weighted by molar-refractivity contribution is 6.74. The van der Waals surface area contributed by atoms with E-state index in [4.69, 9.17) is 13.9 Å². The van der Waals surface area contributed by atoms with Gasteiger partial charge in [0, 0.05) is 18.3 Å². The van der Waals surface area contributed by atoms with Crippen molar-refractivity contribution in [3.8, 4) is 0 Å². The number of carbonyl (C=O) groups is 1. The Kier molecular flexibility index (Phi) is 5.30. The second-order valence-corrected chi connectivity index (χ2v) is 14.0. The van der Waals surface area contributed by atoms with E-state index in [9.17, 15) is 4.79 Å². The molecule has 148 valence electrons. The second-order valence-electron chi connectivity index (χ2n) is 9.23. The van der Waals surface area contributed by atoms with Gasteiger partial charge in [-0.1, -0.05) is 51.1 Å². The van der Waals surface area contributed by atoms with E-state index in [0.717, 1.165) is 19.3 Å². The molecule has 1 saturated carbocycles. The quantitative estimate of drug-likeness (QED) is 0.513. The minimum absolute atomic E-state index is 0.0626. The first-order chi connectivity index (χ1) is 12.6. The van der Waals surface area contributed by atoms with Crippen molar-refractivity contribution >= 4 is 14.3 Å². The molecule has 3 atom stereocenters. The van der Waals surface area contributed by atoms with E-state index < -0.39 is 20.1 Å². The van der Waals surface area contributed by atoms with Crippen LogP contribution in [-0.4, -0.2) is 27.2 Å². The molecule has 1 aromatic carbocycles. The van der Waals surface area contributed by atoms with E-state index >= 15 is 0 Å². The van der Waals surface area contributed by atoms with Crippen LogP contribution in [0.4, 0.5) is 0 Å². The summed E-state index contributed by atoms with van der Waals surface area (Å²) in [6, 6.07) is 10.3. The van der Waals surface area contributed by atoms with Gasteiger partial charge >= 0.3 is 5.97 Å². The molecule has 27 heavy (non-hydrogen) atoms. The summed E-state index contributed by atoms with van der Waals surface area (Å²) in [5.74, 6) is -0.617. The normalized spacial score (nSPS) is 28.1. The average molecular weight is 389 g/mol. The lowest BCUT2D eigenvalue weighted by atomic mass is 9.80. The van der Waals surface area contributed by atoms with E-state index in [2.05, 4.69) is 46.0 Å².